The molecule has 0 aliphatic heterocycles. The van der Waals surface area contributed by atoms with Crippen LogP contribution in [0, 0.1) is 29.6 Å². The highest BCUT2D eigenvalue weighted by Crippen LogP contribution is 2.56. The number of hydrogen-bond acceptors (Lipinski definition) is 3. The topological polar surface area (TPSA) is 46.6 Å². The lowest BCUT2D eigenvalue weighted by atomic mass is 9.52. The first-order valence-electron chi connectivity index (χ1n) is 9.54. The summed E-state index contributed by atoms with van der Waals surface area (Å²) in [4.78, 5) is 26.5. The highest BCUT2D eigenvalue weighted by Gasteiger charge is 2.51. The van der Waals surface area contributed by atoms with Crippen LogP contribution in [-0.4, -0.2) is 30.4 Å². The van der Waals surface area contributed by atoms with Gasteiger partial charge in [0.1, 0.15) is 0 Å². The number of rotatable bonds is 5. The minimum Gasteiger partial charge on any atom is -0.455 e. The molecule has 0 radical (unpaired) electrons. The molecule has 1 aromatic rings. The number of nitrogens with zero attached hydrogens (tertiary/aromatic N) is 1. The van der Waals surface area contributed by atoms with Crippen LogP contribution in [0.25, 0.3) is 0 Å². The molecule has 1 aromatic carbocycles. The molecule has 1 amide bonds. The molecule has 4 fully saturated rings. The van der Waals surface area contributed by atoms with E-state index in [4.69, 9.17) is 4.74 Å². The quantitative estimate of drug-likeness (QED) is 0.772. The smallest absolute Gasteiger partial charge is 0.310 e. The maximum atomic E-state index is 12.6. The van der Waals surface area contributed by atoms with E-state index in [9.17, 15) is 9.59 Å². The van der Waals surface area contributed by atoms with Crippen LogP contribution >= 0.6 is 0 Å². The van der Waals surface area contributed by atoms with Gasteiger partial charge in [-0.1, -0.05) is 30.3 Å². The molecule has 0 atom stereocenters. The van der Waals surface area contributed by atoms with Crippen molar-refractivity contribution in [1.29, 1.82) is 0 Å². The van der Waals surface area contributed by atoms with Gasteiger partial charge in [-0.05, 0) is 61.3 Å². The lowest BCUT2D eigenvalue weighted by Crippen LogP contribution is -2.48. The Balaban J connectivity index is 1.29. The molecule has 0 saturated heterocycles. The molecule has 4 saturated carbocycles. The highest BCUT2D eigenvalue weighted by atomic mass is 16.5. The molecule has 4 aliphatic carbocycles. The van der Waals surface area contributed by atoms with Crippen molar-refractivity contribution in [3.05, 3.63) is 35.9 Å². The van der Waals surface area contributed by atoms with Gasteiger partial charge in [0.05, 0.1) is 5.92 Å². The average Bonchev–Trinajstić information content (AvgIpc) is 2.59. The predicted molar refractivity (Wildman–Crippen MR) is 94.4 cm³/mol. The van der Waals surface area contributed by atoms with Gasteiger partial charge in [0.15, 0.2) is 6.61 Å². The number of carbonyl (C=O) groups excluding carboxylic acids is 2. The SMILES string of the molecule is CN(Cc1ccccc1)C(=O)COC(=O)C1C2CC3CC(C2)CC1C3. The summed E-state index contributed by atoms with van der Waals surface area (Å²) in [7, 11) is 1.76. The lowest BCUT2D eigenvalue weighted by Gasteiger charge is -2.53. The molecule has 0 aromatic heterocycles. The summed E-state index contributed by atoms with van der Waals surface area (Å²) in [5.74, 6) is 2.45. The molecule has 0 N–H and O–H groups in total. The van der Waals surface area contributed by atoms with E-state index in [0.717, 1.165) is 17.4 Å². The number of amides is 1. The van der Waals surface area contributed by atoms with Crippen molar-refractivity contribution in [3.63, 3.8) is 0 Å². The Labute approximate surface area is 149 Å². The second-order valence-corrected chi connectivity index (χ2v) is 8.30. The van der Waals surface area contributed by atoms with Crippen molar-refractivity contribution in [2.45, 2.75) is 38.6 Å². The van der Waals surface area contributed by atoms with Gasteiger partial charge in [0.2, 0.25) is 0 Å². The van der Waals surface area contributed by atoms with Gasteiger partial charge in [-0.15, -0.1) is 0 Å². The van der Waals surface area contributed by atoms with Crippen molar-refractivity contribution in [3.8, 4) is 0 Å². The van der Waals surface area contributed by atoms with Crippen LogP contribution in [0.5, 0.6) is 0 Å². The molecule has 0 spiro atoms. The fourth-order valence-corrected chi connectivity index (χ4v) is 5.59. The molecule has 134 valence electrons. The van der Waals surface area contributed by atoms with Crippen molar-refractivity contribution >= 4 is 11.9 Å². The van der Waals surface area contributed by atoms with Crippen LogP contribution in [0.3, 0.4) is 0 Å². The van der Waals surface area contributed by atoms with Gasteiger partial charge in [0.25, 0.3) is 5.91 Å². The van der Waals surface area contributed by atoms with Gasteiger partial charge < -0.3 is 9.64 Å². The zero-order valence-corrected chi connectivity index (χ0v) is 14.9. The van der Waals surface area contributed by atoms with Gasteiger partial charge in [-0.25, -0.2) is 0 Å². The Morgan fingerprint density at radius 2 is 1.60 bits per heavy atom. The lowest BCUT2D eigenvalue weighted by molar-refractivity contribution is -0.166. The Morgan fingerprint density at radius 1 is 1.00 bits per heavy atom. The van der Waals surface area contributed by atoms with Gasteiger partial charge in [0, 0.05) is 13.6 Å². The molecule has 25 heavy (non-hydrogen) atoms. The fourth-order valence-electron chi connectivity index (χ4n) is 5.59. The number of ether oxygens (including phenoxy) is 1. The minimum absolute atomic E-state index is 0.0417. The molecule has 4 bridgehead atoms. The molecule has 4 aliphatic rings. The molecule has 0 unspecified atom stereocenters. The molecule has 0 heterocycles. The fraction of sp³-hybridized carbons (Fsp3) is 0.619. The summed E-state index contributed by atoms with van der Waals surface area (Å²) in [5.41, 5.74) is 1.07. The zero-order chi connectivity index (χ0) is 17.4. The maximum absolute atomic E-state index is 12.6. The summed E-state index contributed by atoms with van der Waals surface area (Å²) < 4.78 is 5.46. The standard InChI is InChI=1S/C21H27NO3/c1-22(12-14-5-3-2-4-6-14)19(23)13-25-21(24)20-17-8-15-7-16(10-17)11-18(20)9-15/h2-6,15-18,20H,7-13H2,1H3. The first kappa shape index (κ1) is 16.6. The molecule has 4 nitrogen and oxygen atoms in total. The van der Waals surface area contributed by atoms with E-state index in [2.05, 4.69) is 0 Å². The minimum atomic E-state index is -0.138. The van der Waals surface area contributed by atoms with Crippen LogP contribution in [0.1, 0.15) is 37.7 Å². The summed E-state index contributed by atoms with van der Waals surface area (Å²) in [6.45, 7) is 0.403. The third-order valence-corrected chi connectivity index (χ3v) is 6.53. The molecule has 5 rings (SSSR count). The van der Waals surface area contributed by atoms with E-state index in [1.807, 2.05) is 30.3 Å². The van der Waals surface area contributed by atoms with Crippen molar-refractivity contribution in [1.82, 2.24) is 4.90 Å². The average molecular weight is 341 g/mol. The first-order valence-corrected chi connectivity index (χ1v) is 9.54. The summed E-state index contributed by atoms with van der Waals surface area (Å²) in [5, 5.41) is 0. The molecule has 4 heteroatoms. The Bertz CT molecular complexity index is 614. The van der Waals surface area contributed by atoms with Crippen LogP contribution in [0.2, 0.25) is 0 Å². The first-order chi connectivity index (χ1) is 12.1. The maximum Gasteiger partial charge on any atom is 0.310 e. The van der Waals surface area contributed by atoms with E-state index in [1.165, 1.54) is 32.1 Å². The summed E-state index contributed by atoms with van der Waals surface area (Å²) in [6, 6.07) is 9.85. The van der Waals surface area contributed by atoms with Crippen LogP contribution in [-0.2, 0) is 20.9 Å². The number of likely N-dealkylation sites (N-methyl/N-ethyl adjacent to an activating group) is 1. The molecular weight excluding hydrogens is 314 g/mol. The van der Waals surface area contributed by atoms with Crippen LogP contribution in [0.4, 0.5) is 0 Å². The number of hydrogen-bond donors (Lipinski definition) is 0. The summed E-state index contributed by atoms with van der Waals surface area (Å²) >= 11 is 0. The second kappa shape index (κ2) is 6.81. The summed E-state index contributed by atoms with van der Waals surface area (Å²) in [6.07, 6.45) is 6.13. The van der Waals surface area contributed by atoms with Crippen LogP contribution < -0.4 is 0 Å². The predicted octanol–water partition coefficient (Wildman–Crippen LogP) is 3.26. The van der Waals surface area contributed by atoms with Gasteiger partial charge in [-0.3, -0.25) is 9.59 Å². The number of carbonyl (C=O) groups is 2. The highest BCUT2D eigenvalue weighted by molar-refractivity contribution is 5.81. The number of esters is 1. The van der Waals surface area contributed by atoms with Crippen molar-refractivity contribution in [2.75, 3.05) is 13.7 Å². The van der Waals surface area contributed by atoms with E-state index in [0.29, 0.717) is 18.4 Å². The third kappa shape index (κ3) is 3.44. The third-order valence-electron chi connectivity index (χ3n) is 6.53. The Hall–Kier alpha value is -1.84. The normalized spacial score (nSPS) is 32.4. The molecular formula is C21H27NO3. The second-order valence-electron chi connectivity index (χ2n) is 8.30. The van der Waals surface area contributed by atoms with Gasteiger partial charge in [-0.2, -0.15) is 0 Å². The van der Waals surface area contributed by atoms with Gasteiger partial charge >= 0.3 is 5.97 Å². The van der Waals surface area contributed by atoms with Crippen LogP contribution in [0.15, 0.2) is 30.3 Å². The van der Waals surface area contributed by atoms with E-state index in [-0.39, 0.29) is 24.4 Å². The zero-order valence-electron chi connectivity index (χ0n) is 14.9. The van der Waals surface area contributed by atoms with E-state index < -0.39 is 0 Å². The van der Waals surface area contributed by atoms with Crippen molar-refractivity contribution in [2.24, 2.45) is 29.6 Å². The van der Waals surface area contributed by atoms with E-state index >= 15 is 0 Å². The largest absolute Gasteiger partial charge is 0.455 e. The number of benzene rings is 1. The van der Waals surface area contributed by atoms with Crippen molar-refractivity contribution < 1.29 is 14.3 Å². The Kier molecular flexibility index (Phi) is 4.53. The van der Waals surface area contributed by atoms with E-state index in [1.54, 1.807) is 11.9 Å². The Morgan fingerprint density at radius 3 is 2.20 bits per heavy atom. The monoisotopic (exact) mass is 341 g/mol.